The van der Waals surface area contributed by atoms with Gasteiger partial charge in [0.15, 0.2) is 0 Å². The molecule has 0 aliphatic carbocycles. The molecule has 0 saturated carbocycles. The summed E-state index contributed by atoms with van der Waals surface area (Å²) in [5.41, 5.74) is 0.246. The molecule has 0 unspecified atom stereocenters. The molecule has 0 aliphatic heterocycles. The van der Waals surface area contributed by atoms with Crippen molar-refractivity contribution in [3.05, 3.63) is 53.1 Å². The number of benzene rings is 2. The summed E-state index contributed by atoms with van der Waals surface area (Å²) in [5, 5.41) is 2.55. The molecule has 2 aromatic rings. The second-order valence-corrected chi connectivity index (χ2v) is 7.00. The number of ether oxygens (including phenoxy) is 1. The Morgan fingerprint density at radius 3 is 2.36 bits per heavy atom. The number of alkyl halides is 2. The van der Waals surface area contributed by atoms with Crippen molar-refractivity contribution in [3.63, 3.8) is 0 Å². The molecule has 1 amide bonds. The highest BCUT2D eigenvalue weighted by Gasteiger charge is 2.17. The molecule has 0 aromatic heterocycles. The van der Waals surface area contributed by atoms with Crippen LogP contribution in [0, 0.1) is 0 Å². The molecule has 0 bridgehead atoms. The molecule has 10 heteroatoms. The minimum atomic E-state index is -3.74. The van der Waals surface area contributed by atoms with Gasteiger partial charge in [0.1, 0.15) is 5.75 Å². The summed E-state index contributed by atoms with van der Waals surface area (Å²) in [7, 11) is -2.49. The first-order valence-corrected chi connectivity index (χ1v) is 8.68. The average molecular weight is 391 g/mol. The summed E-state index contributed by atoms with van der Waals surface area (Å²) in [5.74, 6) is -0.714. The Balaban J connectivity index is 2.22. The van der Waals surface area contributed by atoms with Crippen LogP contribution in [0.1, 0.15) is 10.4 Å². The van der Waals surface area contributed by atoms with Crippen LogP contribution in [-0.4, -0.2) is 28.0 Å². The van der Waals surface area contributed by atoms with Crippen LogP contribution in [0.2, 0.25) is 5.02 Å². The molecule has 0 fully saturated rings. The van der Waals surface area contributed by atoms with Crippen molar-refractivity contribution < 1.29 is 26.7 Å². The molecular formula is C15H13ClF2N2O4S. The van der Waals surface area contributed by atoms with Crippen molar-refractivity contribution in [1.82, 2.24) is 4.72 Å². The van der Waals surface area contributed by atoms with E-state index in [1.807, 2.05) is 0 Å². The maximum atomic E-state index is 12.3. The van der Waals surface area contributed by atoms with Crippen molar-refractivity contribution >= 4 is 33.2 Å². The Labute approximate surface area is 147 Å². The Bertz CT molecular complexity index is 874. The van der Waals surface area contributed by atoms with E-state index in [0.29, 0.717) is 5.69 Å². The van der Waals surface area contributed by atoms with Crippen molar-refractivity contribution in [2.45, 2.75) is 11.5 Å². The third-order valence-corrected chi connectivity index (χ3v) is 4.84. The van der Waals surface area contributed by atoms with Gasteiger partial charge in [-0.15, -0.1) is 0 Å². The fourth-order valence-corrected chi connectivity index (χ4v) is 2.84. The van der Waals surface area contributed by atoms with E-state index in [1.54, 1.807) is 0 Å². The summed E-state index contributed by atoms with van der Waals surface area (Å²) in [6.45, 7) is -2.95. The molecule has 0 radical (unpaired) electrons. The second-order valence-electron chi connectivity index (χ2n) is 4.71. The smallest absolute Gasteiger partial charge is 0.387 e. The van der Waals surface area contributed by atoms with E-state index < -0.39 is 22.5 Å². The highest BCUT2D eigenvalue weighted by atomic mass is 35.5. The summed E-state index contributed by atoms with van der Waals surface area (Å²) in [4.78, 5) is 12.2. The van der Waals surface area contributed by atoms with E-state index in [4.69, 9.17) is 11.6 Å². The van der Waals surface area contributed by atoms with Crippen molar-refractivity contribution in [1.29, 1.82) is 0 Å². The van der Waals surface area contributed by atoms with Crippen molar-refractivity contribution in [2.75, 3.05) is 12.4 Å². The molecular weight excluding hydrogens is 378 g/mol. The summed E-state index contributed by atoms with van der Waals surface area (Å²) in [6, 6.07) is 8.92. The zero-order valence-corrected chi connectivity index (χ0v) is 14.4. The van der Waals surface area contributed by atoms with Crippen molar-refractivity contribution in [2.24, 2.45) is 0 Å². The highest BCUT2D eigenvalue weighted by Crippen LogP contribution is 2.23. The number of anilines is 1. The minimum absolute atomic E-state index is 0.0501. The first-order chi connectivity index (χ1) is 11.7. The van der Waals surface area contributed by atoms with Gasteiger partial charge < -0.3 is 10.1 Å². The highest BCUT2D eigenvalue weighted by molar-refractivity contribution is 7.89. The summed E-state index contributed by atoms with van der Waals surface area (Å²) >= 11 is 5.95. The van der Waals surface area contributed by atoms with E-state index >= 15 is 0 Å². The van der Waals surface area contributed by atoms with Gasteiger partial charge >= 0.3 is 6.61 Å². The Morgan fingerprint density at radius 1 is 1.16 bits per heavy atom. The van der Waals surface area contributed by atoms with Crippen LogP contribution in [0.25, 0.3) is 0 Å². The number of carbonyl (C=O) groups excluding carboxylic acids is 1. The predicted molar refractivity (Wildman–Crippen MR) is 88.7 cm³/mol. The molecule has 6 nitrogen and oxygen atoms in total. The molecule has 2 aromatic carbocycles. The van der Waals surface area contributed by atoms with Gasteiger partial charge in [-0.25, -0.2) is 13.1 Å². The molecule has 0 saturated heterocycles. The second kappa shape index (κ2) is 7.77. The maximum absolute atomic E-state index is 12.3. The Kier molecular flexibility index (Phi) is 5.93. The monoisotopic (exact) mass is 390 g/mol. The number of carbonyl (C=O) groups is 1. The van der Waals surface area contributed by atoms with Gasteiger partial charge in [0.05, 0.1) is 15.5 Å². The van der Waals surface area contributed by atoms with Crippen LogP contribution in [0.15, 0.2) is 47.4 Å². The van der Waals surface area contributed by atoms with E-state index in [9.17, 15) is 22.0 Å². The quantitative estimate of drug-likeness (QED) is 0.793. The van der Waals surface area contributed by atoms with Gasteiger partial charge in [0.25, 0.3) is 5.91 Å². The number of nitrogens with one attached hydrogen (secondary N) is 2. The number of sulfonamides is 1. The van der Waals surface area contributed by atoms with E-state index in [-0.39, 0.29) is 21.2 Å². The Hall–Kier alpha value is -2.23. The first-order valence-electron chi connectivity index (χ1n) is 6.82. The summed E-state index contributed by atoms with van der Waals surface area (Å²) < 4.78 is 54.2. The molecule has 25 heavy (non-hydrogen) atoms. The maximum Gasteiger partial charge on any atom is 0.387 e. The molecule has 134 valence electrons. The zero-order valence-electron chi connectivity index (χ0n) is 12.8. The molecule has 0 aliphatic rings. The lowest BCUT2D eigenvalue weighted by Gasteiger charge is -2.10. The lowest BCUT2D eigenvalue weighted by atomic mass is 10.2. The lowest BCUT2D eigenvalue weighted by molar-refractivity contribution is -0.0498. The van der Waals surface area contributed by atoms with Gasteiger partial charge in [-0.05, 0) is 49.5 Å². The SMILES string of the molecule is CNS(=O)(=O)c1ccc(Cl)c(C(=O)Nc2ccc(OC(F)F)cc2)c1. The zero-order chi connectivity index (χ0) is 18.6. The van der Waals surface area contributed by atoms with Crippen LogP contribution < -0.4 is 14.8 Å². The molecule has 2 N–H and O–H groups in total. The fourth-order valence-electron chi connectivity index (χ4n) is 1.88. The molecule has 0 spiro atoms. The fraction of sp³-hybridized carbons (Fsp3) is 0.133. The lowest BCUT2D eigenvalue weighted by Crippen LogP contribution is -2.20. The number of rotatable bonds is 6. The minimum Gasteiger partial charge on any atom is -0.435 e. The van der Waals surface area contributed by atoms with Crippen molar-refractivity contribution in [3.8, 4) is 5.75 Å². The number of halogens is 3. The predicted octanol–water partition coefficient (Wildman–Crippen LogP) is 3.10. The molecule has 0 atom stereocenters. The standard InChI is InChI=1S/C15H13ClF2N2O4S/c1-19-25(22,23)11-6-7-13(16)12(8-11)14(21)20-9-2-4-10(5-3-9)24-15(17)18/h2-8,15,19H,1H3,(H,20,21). The normalized spacial score (nSPS) is 11.4. The van der Waals surface area contributed by atoms with Gasteiger partial charge in [0, 0.05) is 5.69 Å². The van der Waals surface area contributed by atoms with Gasteiger partial charge in [-0.2, -0.15) is 8.78 Å². The van der Waals surface area contributed by atoms with E-state index in [1.165, 1.54) is 43.4 Å². The molecule has 2 rings (SSSR count). The van der Waals surface area contributed by atoms with E-state index in [2.05, 4.69) is 14.8 Å². The summed E-state index contributed by atoms with van der Waals surface area (Å²) in [6.07, 6.45) is 0. The van der Waals surface area contributed by atoms with Gasteiger partial charge in [-0.3, -0.25) is 4.79 Å². The van der Waals surface area contributed by atoms with E-state index in [0.717, 1.165) is 6.07 Å². The van der Waals surface area contributed by atoms with Gasteiger partial charge in [0.2, 0.25) is 10.0 Å². The van der Waals surface area contributed by atoms with Crippen LogP contribution in [0.5, 0.6) is 5.75 Å². The van der Waals surface area contributed by atoms with Crippen LogP contribution >= 0.6 is 11.6 Å². The number of hydrogen-bond acceptors (Lipinski definition) is 4. The van der Waals surface area contributed by atoms with Gasteiger partial charge in [-0.1, -0.05) is 11.6 Å². The number of hydrogen-bond donors (Lipinski definition) is 2. The van der Waals surface area contributed by atoms with Crippen LogP contribution in [0.3, 0.4) is 0 Å². The first kappa shape index (κ1) is 19.1. The largest absolute Gasteiger partial charge is 0.435 e. The molecule has 0 heterocycles. The third-order valence-electron chi connectivity index (χ3n) is 3.10. The third kappa shape index (κ3) is 4.88. The van der Waals surface area contributed by atoms with Crippen LogP contribution in [-0.2, 0) is 10.0 Å². The Morgan fingerprint density at radius 2 is 1.80 bits per heavy atom. The van der Waals surface area contributed by atoms with Crippen LogP contribution in [0.4, 0.5) is 14.5 Å². The topological polar surface area (TPSA) is 84.5 Å². The average Bonchev–Trinajstić information content (AvgIpc) is 2.56. The number of amides is 1.